The van der Waals surface area contributed by atoms with Gasteiger partial charge in [0.1, 0.15) is 0 Å². The monoisotopic (exact) mass is 297 g/mol. The second-order valence-corrected chi connectivity index (χ2v) is 6.48. The van der Waals surface area contributed by atoms with Gasteiger partial charge < -0.3 is 5.32 Å². The molecule has 2 unspecified atom stereocenters. The van der Waals surface area contributed by atoms with Gasteiger partial charge >= 0.3 is 6.18 Å². The summed E-state index contributed by atoms with van der Waals surface area (Å²) in [5, 5.41) is 3.68. The van der Waals surface area contributed by atoms with E-state index in [1.165, 1.54) is 25.3 Å². The second-order valence-electron chi connectivity index (χ2n) is 6.48. The molecule has 0 spiro atoms. The summed E-state index contributed by atoms with van der Waals surface area (Å²) in [6.45, 7) is 0. The Morgan fingerprint density at radius 3 is 2.33 bits per heavy atom. The van der Waals surface area contributed by atoms with E-state index in [1.54, 1.807) is 6.07 Å². The molecule has 2 fully saturated rings. The van der Waals surface area contributed by atoms with Crippen molar-refractivity contribution in [3.05, 3.63) is 35.4 Å². The Hall–Kier alpha value is -1.03. The highest BCUT2D eigenvalue weighted by Gasteiger charge is 2.32. The van der Waals surface area contributed by atoms with Crippen LogP contribution in [0.15, 0.2) is 24.3 Å². The topological polar surface area (TPSA) is 12.0 Å². The Kier molecular flexibility index (Phi) is 4.25. The van der Waals surface area contributed by atoms with Crippen molar-refractivity contribution in [1.82, 2.24) is 5.32 Å². The van der Waals surface area contributed by atoms with Crippen molar-refractivity contribution in [2.45, 2.75) is 69.1 Å². The van der Waals surface area contributed by atoms with Crippen molar-refractivity contribution >= 4 is 0 Å². The van der Waals surface area contributed by atoms with Crippen LogP contribution in [0, 0.1) is 0 Å². The van der Waals surface area contributed by atoms with Gasteiger partial charge in [-0.3, -0.25) is 0 Å². The normalized spacial score (nSPS) is 27.4. The average molecular weight is 297 g/mol. The van der Waals surface area contributed by atoms with Gasteiger partial charge in [-0.25, -0.2) is 0 Å². The van der Waals surface area contributed by atoms with E-state index in [1.807, 2.05) is 6.07 Å². The van der Waals surface area contributed by atoms with E-state index in [2.05, 4.69) is 5.32 Å². The number of hydrogen-bond donors (Lipinski definition) is 1. The summed E-state index contributed by atoms with van der Waals surface area (Å²) in [5.41, 5.74) is 0.332. The third-order valence-electron chi connectivity index (χ3n) is 4.94. The molecule has 0 heterocycles. The number of halogens is 3. The Balaban J connectivity index is 1.67. The summed E-state index contributed by atoms with van der Waals surface area (Å²) in [6.07, 6.45) is 3.81. The standard InChI is InChI=1S/C17H22F3N/c18-17(19,20)14-6-1-4-12(10-14)13-5-2-9-16(11-13)21-15-7-3-8-15/h1,4,6,10,13,15-16,21H,2-3,5,7-9,11H2. The van der Waals surface area contributed by atoms with Crippen molar-refractivity contribution in [1.29, 1.82) is 0 Å². The van der Waals surface area contributed by atoms with Gasteiger partial charge in [-0.2, -0.15) is 13.2 Å². The fourth-order valence-corrected chi connectivity index (χ4v) is 3.52. The number of benzene rings is 1. The molecule has 1 aromatic rings. The average Bonchev–Trinajstić information content (AvgIpc) is 2.43. The van der Waals surface area contributed by atoms with Gasteiger partial charge in [-0.05, 0) is 49.7 Å². The van der Waals surface area contributed by atoms with E-state index in [0.29, 0.717) is 12.1 Å². The fourth-order valence-electron chi connectivity index (χ4n) is 3.52. The minimum Gasteiger partial charge on any atom is -0.311 e. The van der Waals surface area contributed by atoms with E-state index >= 15 is 0 Å². The summed E-state index contributed by atoms with van der Waals surface area (Å²) in [4.78, 5) is 0. The molecule has 2 atom stereocenters. The summed E-state index contributed by atoms with van der Waals surface area (Å²) in [7, 11) is 0. The summed E-state index contributed by atoms with van der Waals surface area (Å²) in [6, 6.07) is 7.03. The lowest BCUT2D eigenvalue weighted by Gasteiger charge is -2.36. The smallest absolute Gasteiger partial charge is 0.311 e. The van der Waals surface area contributed by atoms with Gasteiger partial charge in [0.25, 0.3) is 0 Å². The maximum absolute atomic E-state index is 12.8. The van der Waals surface area contributed by atoms with Gasteiger partial charge in [0.15, 0.2) is 0 Å². The van der Waals surface area contributed by atoms with Crippen LogP contribution >= 0.6 is 0 Å². The molecule has 2 saturated carbocycles. The number of alkyl halides is 3. The molecular formula is C17H22F3N. The van der Waals surface area contributed by atoms with Crippen LogP contribution < -0.4 is 5.32 Å². The minimum atomic E-state index is -4.24. The maximum Gasteiger partial charge on any atom is 0.416 e. The van der Waals surface area contributed by atoms with Crippen LogP contribution in [0.3, 0.4) is 0 Å². The van der Waals surface area contributed by atoms with E-state index in [9.17, 15) is 13.2 Å². The van der Waals surface area contributed by atoms with Gasteiger partial charge in [-0.15, -0.1) is 0 Å². The van der Waals surface area contributed by atoms with Crippen LogP contribution in [0.1, 0.15) is 62.0 Å². The summed E-state index contributed by atoms with van der Waals surface area (Å²) < 4.78 is 38.5. The van der Waals surface area contributed by atoms with Crippen molar-refractivity contribution in [3.63, 3.8) is 0 Å². The van der Waals surface area contributed by atoms with Gasteiger partial charge in [0.05, 0.1) is 5.56 Å². The third kappa shape index (κ3) is 3.60. The highest BCUT2D eigenvalue weighted by atomic mass is 19.4. The third-order valence-corrected chi connectivity index (χ3v) is 4.94. The van der Waals surface area contributed by atoms with Crippen LogP contribution in [-0.2, 0) is 6.18 Å². The molecule has 4 heteroatoms. The number of rotatable bonds is 3. The summed E-state index contributed by atoms with van der Waals surface area (Å²) in [5.74, 6) is 0.263. The molecule has 2 aliphatic rings. The number of nitrogens with one attached hydrogen (secondary N) is 1. The molecule has 3 rings (SSSR count). The molecule has 0 aliphatic heterocycles. The van der Waals surface area contributed by atoms with Gasteiger partial charge in [0, 0.05) is 12.1 Å². The lowest BCUT2D eigenvalue weighted by atomic mass is 9.80. The molecule has 0 radical (unpaired) electrons. The van der Waals surface area contributed by atoms with Crippen LogP contribution in [0.4, 0.5) is 13.2 Å². The summed E-state index contributed by atoms with van der Waals surface area (Å²) >= 11 is 0. The lowest BCUT2D eigenvalue weighted by molar-refractivity contribution is -0.137. The Bertz CT molecular complexity index is 479. The first-order chi connectivity index (χ1) is 10.0. The van der Waals surface area contributed by atoms with Gasteiger partial charge in [-0.1, -0.05) is 31.0 Å². The first kappa shape index (κ1) is 14.9. The van der Waals surface area contributed by atoms with E-state index in [0.717, 1.165) is 37.3 Å². The number of hydrogen-bond acceptors (Lipinski definition) is 1. The lowest BCUT2D eigenvalue weighted by Crippen LogP contribution is -2.44. The molecule has 0 amide bonds. The van der Waals surface area contributed by atoms with Crippen LogP contribution in [0.5, 0.6) is 0 Å². The molecular weight excluding hydrogens is 275 g/mol. The molecule has 1 N–H and O–H groups in total. The molecule has 0 bridgehead atoms. The van der Waals surface area contributed by atoms with Crippen molar-refractivity contribution in [2.24, 2.45) is 0 Å². The van der Waals surface area contributed by atoms with Crippen molar-refractivity contribution in [3.8, 4) is 0 Å². The Morgan fingerprint density at radius 2 is 1.67 bits per heavy atom. The zero-order chi connectivity index (χ0) is 14.9. The predicted molar refractivity (Wildman–Crippen MR) is 77.2 cm³/mol. The molecule has 116 valence electrons. The minimum absolute atomic E-state index is 0.263. The molecule has 1 nitrogen and oxygen atoms in total. The molecule has 0 aromatic heterocycles. The van der Waals surface area contributed by atoms with E-state index in [4.69, 9.17) is 0 Å². The Labute approximate surface area is 123 Å². The second kappa shape index (κ2) is 5.99. The maximum atomic E-state index is 12.8. The van der Waals surface area contributed by atoms with Crippen LogP contribution in [0.2, 0.25) is 0 Å². The van der Waals surface area contributed by atoms with Crippen LogP contribution in [-0.4, -0.2) is 12.1 Å². The quantitative estimate of drug-likeness (QED) is 0.839. The SMILES string of the molecule is FC(F)(F)c1cccc(C2CCCC(NC3CCC3)C2)c1. The molecule has 1 aromatic carbocycles. The zero-order valence-corrected chi connectivity index (χ0v) is 12.1. The predicted octanol–water partition coefficient (Wildman–Crippen LogP) is 4.87. The fraction of sp³-hybridized carbons (Fsp3) is 0.647. The van der Waals surface area contributed by atoms with Crippen molar-refractivity contribution < 1.29 is 13.2 Å². The van der Waals surface area contributed by atoms with E-state index < -0.39 is 11.7 Å². The molecule has 2 aliphatic carbocycles. The Morgan fingerprint density at radius 1 is 0.952 bits per heavy atom. The van der Waals surface area contributed by atoms with Crippen LogP contribution in [0.25, 0.3) is 0 Å². The zero-order valence-electron chi connectivity index (χ0n) is 12.1. The highest BCUT2D eigenvalue weighted by Crippen LogP contribution is 2.37. The first-order valence-corrected chi connectivity index (χ1v) is 7.95. The molecule has 0 saturated heterocycles. The van der Waals surface area contributed by atoms with Crippen molar-refractivity contribution in [2.75, 3.05) is 0 Å². The molecule has 21 heavy (non-hydrogen) atoms. The van der Waals surface area contributed by atoms with E-state index in [-0.39, 0.29) is 5.92 Å². The first-order valence-electron chi connectivity index (χ1n) is 7.95. The highest BCUT2D eigenvalue weighted by molar-refractivity contribution is 5.28. The van der Waals surface area contributed by atoms with Gasteiger partial charge in [0.2, 0.25) is 0 Å². The largest absolute Gasteiger partial charge is 0.416 e.